The van der Waals surface area contributed by atoms with Gasteiger partial charge in [0.1, 0.15) is 17.6 Å². The average Bonchev–Trinajstić information content (AvgIpc) is 2.48. The highest BCUT2D eigenvalue weighted by molar-refractivity contribution is 5.79. The number of hydrogen-bond donors (Lipinski definition) is 0. The van der Waals surface area contributed by atoms with Gasteiger partial charge in [-0.1, -0.05) is 18.2 Å². The highest BCUT2D eigenvalue weighted by Crippen LogP contribution is 2.29. The van der Waals surface area contributed by atoms with Crippen LogP contribution >= 0.6 is 0 Å². The van der Waals surface area contributed by atoms with Crippen LogP contribution in [0.15, 0.2) is 45.6 Å². The Hall–Kier alpha value is -2.77. The number of nitrogens with zero attached hydrogens (tertiary/aromatic N) is 1. The summed E-state index contributed by atoms with van der Waals surface area (Å²) in [5, 5.41) is 0. The number of halogens is 3. The average molecular weight is 367 g/mol. The van der Waals surface area contributed by atoms with Gasteiger partial charge in [-0.05, 0) is 18.6 Å². The van der Waals surface area contributed by atoms with Crippen LogP contribution in [0.4, 0.5) is 13.2 Å². The Morgan fingerprint density at radius 2 is 2.00 bits per heavy atom. The van der Waals surface area contributed by atoms with Gasteiger partial charge in [-0.25, -0.2) is 4.79 Å². The van der Waals surface area contributed by atoms with Gasteiger partial charge in [-0.15, -0.1) is 0 Å². The van der Waals surface area contributed by atoms with Crippen molar-refractivity contribution in [3.63, 3.8) is 0 Å². The fourth-order valence-electron chi connectivity index (χ4n) is 2.70. The van der Waals surface area contributed by atoms with E-state index < -0.39 is 17.4 Å². The van der Waals surface area contributed by atoms with E-state index in [2.05, 4.69) is 0 Å². The molecular formula is C18H16F3NO4. The molecule has 0 radical (unpaired) electrons. The van der Waals surface area contributed by atoms with Crippen LogP contribution < -0.4 is 10.4 Å². The van der Waals surface area contributed by atoms with Gasteiger partial charge in [-0.2, -0.15) is 13.2 Å². The first-order chi connectivity index (χ1) is 12.2. The van der Waals surface area contributed by atoms with E-state index in [4.69, 9.17) is 9.15 Å². The molecule has 0 aliphatic carbocycles. The minimum Gasteiger partial charge on any atom is -0.486 e. The van der Waals surface area contributed by atoms with Crippen LogP contribution in [0.1, 0.15) is 16.9 Å². The van der Waals surface area contributed by atoms with Crippen molar-refractivity contribution in [3.05, 3.63) is 63.7 Å². The van der Waals surface area contributed by atoms with Crippen molar-refractivity contribution in [2.75, 3.05) is 13.1 Å². The Kier molecular flexibility index (Phi) is 4.76. The highest BCUT2D eigenvalue weighted by atomic mass is 19.4. The Balaban J connectivity index is 1.54. The molecule has 1 fully saturated rings. The standard InChI is InChI=1S/C18H16F3NO4/c1-11-5-14(8-17(24)25-11)26-15-9-22(10-15)16(23)7-12-3-2-4-13(6-12)18(19,20)21/h2-6,8,15H,7,9-10H2,1H3. The maximum absolute atomic E-state index is 12.7. The Labute approximate surface area is 147 Å². The van der Waals surface area contributed by atoms with Crippen LogP contribution in [0, 0.1) is 6.92 Å². The molecule has 2 aromatic rings. The van der Waals surface area contributed by atoms with Crippen molar-refractivity contribution < 1.29 is 27.1 Å². The number of amides is 1. The summed E-state index contributed by atoms with van der Waals surface area (Å²) in [5.41, 5.74) is -0.979. The van der Waals surface area contributed by atoms with Crippen molar-refractivity contribution in [2.45, 2.75) is 25.6 Å². The topological polar surface area (TPSA) is 59.8 Å². The lowest BCUT2D eigenvalue weighted by Gasteiger charge is -2.39. The van der Waals surface area contributed by atoms with Crippen LogP contribution in [-0.2, 0) is 17.4 Å². The lowest BCUT2D eigenvalue weighted by atomic mass is 10.1. The number of hydrogen-bond acceptors (Lipinski definition) is 4. The van der Waals surface area contributed by atoms with Gasteiger partial charge < -0.3 is 14.1 Å². The van der Waals surface area contributed by atoms with E-state index in [1.807, 2.05) is 0 Å². The molecular weight excluding hydrogens is 351 g/mol. The summed E-state index contributed by atoms with van der Waals surface area (Å²) >= 11 is 0. The maximum Gasteiger partial charge on any atom is 0.416 e. The first-order valence-electron chi connectivity index (χ1n) is 7.93. The second-order valence-corrected chi connectivity index (χ2v) is 6.14. The van der Waals surface area contributed by atoms with E-state index >= 15 is 0 Å². The number of ether oxygens (including phenoxy) is 1. The maximum atomic E-state index is 12.7. The smallest absolute Gasteiger partial charge is 0.416 e. The van der Waals surface area contributed by atoms with E-state index in [1.54, 1.807) is 13.0 Å². The molecule has 8 heteroatoms. The molecule has 1 aromatic carbocycles. The number of likely N-dealkylation sites (tertiary alicyclic amines) is 1. The summed E-state index contributed by atoms with van der Waals surface area (Å²) in [4.78, 5) is 25.0. The van der Waals surface area contributed by atoms with Gasteiger partial charge in [0.05, 0.1) is 31.1 Å². The van der Waals surface area contributed by atoms with Crippen molar-refractivity contribution in [1.82, 2.24) is 4.90 Å². The SMILES string of the molecule is Cc1cc(OC2CN(C(=O)Cc3cccc(C(F)(F)F)c3)C2)cc(=O)o1. The van der Waals surface area contributed by atoms with Crippen molar-refractivity contribution in [1.29, 1.82) is 0 Å². The summed E-state index contributed by atoms with van der Waals surface area (Å²) in [5.74, 6) is 0.519. The number of alkyl halides is 3. The molecule has 0 saturated carbocycles. The normalized spacial score (nSPS) is 14.8. The van der Waals surface area contributed by atoms with Gasteiger partial charge in [0.2, 0.25) is 5.91 Å². The molecule has 0 atom stereocenters. The van der Waals surface area contributed by atoms with E-state index in [-0.39, 0.29) is 18.4 Å². The van der Waals surface area contributed by atoms with Gasteiger partial charge in [0.15, 0.2) is 0 Å². The quantitative estimate of drug-likeness (QED) is 0.834. The monoisotopic (exact) mass is 367 g/mol. The summed E-state index contributed by atoms with van der Waals surface area (Å²) in [6.45, 7) is 2.26. The van der Waals surface area contributed by atoms with Gasteiger partial charge in [0, 0.05) is 6.07 Å². The van der Waals surface area contributed by atoms with Gasteiger partial charge >= 0.3 is 11.8 Å². The molecule has 0 bridgehead atoms. The molecule has 1 saturated heterocycles. The molecule has 1 amide bonds. The second-order valence-electron chi connectivity index (χ2n) is 6.14. The Morgan fingerprint density at radius 3 is 2.65 bits per heavy atom. The summed E-state index contributed by atoms with van der Waals surface area (Å²) in [6, 6.07) is 7.54. The molecule has 3 rings (SSSR count). The lowest BCUT2D eigenvalue weighted by molar-refractivity contribution is -0.140. The molecule has 5 nitrogen and oxygen atoms in total. The minimum atomic E-state index is -4.44. The molecule has 1 aliphatic heterocycles. The van der Waals surface area contributed by atoms with E-state index in [1.165, 1.54) is 23.1 Å². The predicted molar refractivity (Wildman–Crippen MR) is 85.9 cm³/mol. The van der Waals surface area contributed by atoms with Crippen LogP contribution in [0.25, 0.3) is 0 Å². The molecule has 1 aliphatic rings. The Bertz CT molecular complexity index is 869. The third-order valence-electron chi connectivity index (χ3n) is 3.98. The summed E-state index contributed by atoms with van der Waals surface area (Å²) in [6.07, 6.45) is -4.80. The largest absolute Gasteiger partial charge is 0.486 e. The minimum absolute atomic E-state index is 0.106. The van der Waals surface area contributed by atoms with Gasteiger partial charge in [-0.3, -0.25) is 4.79 Å². The summed E-state index contributed by atoms with van der Waals surface area (Å²) < 4.78 is 48.6. The van der Waals surface area contributed by atoms with E-state index in [0.29, 0.717) is 30.2 Å². The summed E-state index contributed by atoms with van der Waals surface area (Å²) in [7, 11) is 0. The van der Waals surface area contributed by atoms with Crippen LogP contribution in [0.5, 0.6) is 5.75 Å². The Morgan fingerprint density at radius 1 is 1.27 bits per heavy atom. The van der Waals surface area contributed by atoms with Crippen LogP contribution in [-0.4, -0.2) is 30.0 Å². The molecule has 2 heterocycles. The van der Waals surface area contributed by atoms with E-state index in [9.17, 15) is 22.8 Å². The fraction of sp³-hybridized carbons (Fsp3) is 0.333. The molecule has 1 aromatic heterocycles. The molecule has 0 N–H and O–H groups in total. The van der Waals surface area contributed by atoms with E-state index in [0.717, 1.165) is 12.1 Å². The number of benzene rings is 1. The zero-order valence-electron chi connectivity index (χ0n) is 13.9. The zero-order valence-corrected chi connectivity index (χ0v) is 13.9. The van der Waals surface area contributed by atoms with Crippen LogP contribution in [0.3, 0.4) is 0 Å². The third-order valence-corrected chi connectivity index (χ3v) is 3.98. The number of carbonyl (C=O) groups excluding carboxylic acids is 1. The first-order valence-corrected chi connectivity index (χ1v) is 7.93. The first kappa shape index (κ1) is 18.0. The highest BCUT2D eigenvalue weighted by Gasteiger charge is 2.33. The number of aryl methyl sites for hydroxylation is 1. The molecule has 26 heavy (non-hydrogen) atoms. The van der Waals surface area contributed by atoms with Crippen molar-refractivity contribution in [2.24, 2.45) is 0 Å². The predicted octanol–water partition coefficient (Wildman–Crippen LogP) is 2.80. The molecule has 0 spiro atoms. The van der Waals surface area contributed by atoms with Gasteiger partial charge in [0.25, 0.3) is 0 Å². The lowest BCUT2D eigenvalue weighted by Crippen LogP contribution is -2.56. The molecule has 138 valence electrons. The number of rotatable bonds is 4. The van der Waals surface area contributed by atoms with Crippen LogP contribution in [0.2, 0.25) is 0 Å². The molecule has 0 unspecified atom stereocenters. The zero-order chi connectivity index (χ0) is 18.9. The third kappa shape index (κ3) is 4.25. The second kappa shape index (κ2) is 6.86. The van der Waals surface area contributed by atoms with Crippen molar-refractivity contribution in [3.8, 4) is 5.75 Å². The van der Waals surface area contributed by atoms with Crippen molar-refractivity contribution >= 4 is 5.91 Å². The fourth-order valence-corrected chi connectivity index (χ4v) is 2.70. The number of carbonyl (C=O) groups is 1.